The van der Waals surface area contributed by atoms with Crippen molar-refractivity contribution in [2.24, 2.45) is 7.05 Å². The minimum Gasteiger partial charge on any atom is -0.442 e. The quantitative estimate of drug-likeness (QED) is 0.492. The van der Waals surface area contributed by atoms with Gasteiger partial charge in [-0.15, -0.1) is 0 Å². The predicted molar refractivity (Wildman–Crippen MR) is 135 cm³/mol. The Kier molecular flexibility index (Phi) is 7.22. The summed E-state index contributed by atoms with van der Waals surface area (Å²) in [5.41, 5.74) is 1.61. The van der Waals surface area contributed by atoms with Gasteiger partial charge in [0.1, 0.15) is 30.4 Å². The molecule has 4 amide bonds. The van der Waals surface area contributed by atoms with Crippen molar-refractivity contribution < 1.29 is 28.2 Å². The lowest BCUT2D eigenvalue weighted by Gasteiger charge is -2.27. The van der Waals surface area contributed by atoms with Crippen molar-refractivity contribution >= 4 is 29.4 Å². The molecule has 2 fully saturated rings. The second-order valence-corrected chi connectivity index (χ2v) is 8.94. The largest absolute Gasteiger partial charge is 0.442 e. The summed E-state index contributed by atoms with van der Waals surface area (Å²) in [6.45, 7) is 1.27. The standard InChI is InChI=1S/C26H27FN6O5/c1-31-11-10-28-24(31)23(20-4-2-3-5-21(20)27)30-25(35)29-14-19-15-33(26(36)38-19)18-8-6-17(7-9-18)32-12-13-37-16-22(32)34/h2-11,19,23H,12-16H2,1H3,(H2,29,30,35)/t19-,23?/m0/s1. The van der Waals surface area contributed by atoms with Crippen LogP contribution >= 0.6 is 0 Å². The van der Waals surface area contributed by atoms with E-state index in [4.69, 9.17) is 9.47 Å². The number of aryl methyl sites for hydroxylation is 1. The highest BCUT2D eigenvalue weighted by Crippen LogP contribution is 2.26. The molecule has 2 atom stereocenters. The van der Waals surface area contributed by atoms with Gasteiger partial charge in [0.15, 0.2) is 0 Å². The molecule has 0 saturated carbocycles. The molecule has 0 radical (unpaired) electrons. The number of hydrogen-bond donors (Lipinski definition) is 2. The van der Waals surface area contributed by atoms with Crippen molar-refractivity contribution in [1.29, 1.82) is 0 Å². The number of cyclic esters (lactones) is 1. The molecule has 0 bridgehead atoms. The number of amides is 4. The van der Waals surface area contributed by atoms with E-state index >= 15 is 0 Å². The fourth-order valence-corrected chi connectivity index (χ4v) is 4.48. The van der Waals surface area contributed by atoms with E-state index in [1.807, 2.05) is 0 Å². The summed E-state index contributed by atoms with van der Waals surface area (Å²) < 4.78 is 26.8. The van der Waals surface area contributed by atoms with Gasteiger partial charge in [0.25, 0.3) is 5.91 Å². The number of hydrogen-bond acceptors (Lipinski definition) is 6. The van der Waals surface area contributed by atoms with E-state index in [0.717, 1.165) is 5.69 Å². The molecule has 2 saturated heterocycles. The van der Waals surface area contributed by atoms with Crippen molar-refractivity contribution in [2.45, 2.75) is 12.1 Å². The minimum absolute atomic E-state index is 0.0468. The van der Waals surface area contributed by atoms with E-state index in [1.165, 1.54) is 11.0 Å². The first kappa shape index (κ1) is 25.2. The van der Waals surface area contributed by atoms with Crippen LogP contribution in [0.25, 0.3) is 0 Å². The van der Waals surface area contributed by atoms with Crippen LogP contribution in [0.2, 0.25) is 0 Å². The Morgan fingerprint density at radius 2 is 1.87 bits per heavy atom. The molecule has 0 aliphatic carbocycles. The third kappa shape index (κ3) is 5.30. The number of rotatable bonds is 7. The van der Waals surface area contributed by atoms with Gasteiger partial charge < -0.3 is 29.6 Å². The van der Waals surface area contributed by atoms with Crippen molar-refractivity contribution in [3.05, 3.63) is 78.1 Å². The fourth-order valence-electron chi connectivity index (χ4n) is 4.48. The number of urea groups is 1. The van der Waals surface area contributed by atoms with Gasteiger partial charge in [0.05, 0.1) is 19.7 Å². The Morgan fingerprint density at radius 3 is 2.55 bits per heavy atom. The van der Waals surface area contributed by atoms with Crippen LogP contribution in [0.5, 0.6) is 0 Å². The Labute approximate surface area is 218 Å². The smallest absolute Gasteiger partial charge is 0.414 e. The second-order valence-electron chi connectivity index (χ2n) is 8.94. The van der Waals surface area contributed by atoms with E-state index in [0.29, 0.717) is 24.7 Å². The zero-order chi connectivity index (χ0) is 26.6. The highest BCUT2D eigenvalue weighted by molar-refractivity contribution is 5.95. The van der Waals surface area contributed by atoms with E-state index in [1.54, 1.807) is 71.4 Å². The third-order valence-corrected chi connectivity index (χ3v) is 6.43. The van der Waals surface area contributed by atoms with Gasteiger partial charge in [-0.2, -0.15) is 0 Å². The number of imidazole rings is 1. The molecule has 11 nitrogen and oxygen atoms in total. The van der Waals surface area contributed by atoms with Crippen molar-refractivity contribution in [2.75, 3.05) is 42.6 Å². The number of ether oxygens (including phenoxy) is 2. The topological polar surface area (TPSA) is 118 Å². The SMILES string of the molecule is Cn1ccnc1C(NC(=O)NC[C@H]1CN(c2ccc(N3CCOCC3=O)cc2)C(=O)O1)c1ccccc1F. The maximum absolute atomic E-state index is 14.5. The van der Waals surface area contributed by atoms with E-state index in [2.05, 4.69) is 15.6 Å². The first-order valence-corrected chi connectivity index (χ1v) is 12.1. The lowest BCUT2D eigenvalue weighted by molar-refractivity contribution is -0.125. The van der Waals surface area contributed by atoms with Gasteiger partial charge in [-0.1, -0.05) is 18.2 Å². The number of nitrogens with zero attached hydrogens (tertiary/aromatic N) is 4. The zero-order valence-corrected chi connectivity index (χ0v) is 20.7. The molecular weight excluding hydrogens is 495 g/mol. The molecule has 0 spiro atoms. The molecule has 3 heterocycles. The van der Waals surface area contributed by atoms with Crippen LogP contribution in [0.3, 0.4) is 0 Å². The van der Waals surface area contributed by atoms with Crippen LogP contribution in [0.15, 0.2) is 60.9 Å². The number of halogens is 1. The number of morpholine rings is 1. The van der Waals surface area contributed by atoms with Crippen LogP contribution in [0, 0.1) is 5.82 Å². The normalized spacial score (nSPS) is 18.3. The van der Waals surface area contributed by atoms with Crippen LogP contribution in [0.1, 0.15) is 17.4 Å². The van der Waals surface area contributed by atoms with Gasteiger partial charge >= 0.3 is 12.1 Å². The number of carbonyl (C=O) groups excluding carboxylic acids is 3. The molecular formula is C26H27FN6O5. The molecule has 12 heteroatoms. The summed E-state index contributed by atoms with van der Waals surface area (Å²) >= 11 is 0. The van der Waals surface area contributed by atoms with Crippen molar-refractivity contribution in [1.82, 2.24) is 20.2 Å². The Balaban J connectivity index is 1.19. The first-order chi connectivity index (χ1) is 18.4. The monoisotopic (exact) mass is 522 g/mol. The minimum atomic E-state index is -0.823. The van der Waals surface area contributed by atoms with E-state index < -0.39 is 30.1 Å². The predicted octanol–water partition coefficient (Wildman–Crippen LogP) is 2.34. The number of carbonyl (C=O) groups is 3. The summed E-state index contributed by atoms with van der Waals surface area (Å²) in [5, 5.41) is 5.47. The summed E-state index contributed by atoms with van der Waals surface area (Å²) in [5.74, 6) is -0.120. The summed E-state index contributed by atoms with van der Waals surface area (Å²) in [4.78, 5) is 44.7. The number of nitrogens with one attached hydrogen (secondary N) is 2. The summed E-state index contributed by atoms with van der Waals surface area (Å²) in [7, 11) is 1.76. The van der Waals surface area contributed by atoms with Gasteiger partial charge in [0.2, 0.25) is 0 Å². The van der Waals surface area contributed by atoms with Gasteiger partial charge in [-0.25, -0.2) is 19.0 Å². The summed E-state index contributed by atoms with van der Waals surface area (Å²) in [6.07, 6.45) is 2.15. The molecule has 2 aliphatic heterocycles. The molecule has 198 valence electrons. The molecule has 2 N–H and O–H groups in total. The molecule has 3 aromatic rings. The molecule has 5 rings (SSSR count). The second kappa shape index (κ2) is 10.9. The summed E-state index contributed by atoms with van der Waals surface area (Å²) in [6, 6.07) is 11.8. The van der Waals surface area contributed by atoms with E-state index in [-0.39, 0.29) is 31.2 Å². The average Bonchev–Trinajstić information content (AvgIpc) is 3.52. The highest BCUT2D eigenvalue weighted by atomic mass is 19.1. The van der Waals surface area contributed by atoms with Crippen LogP contribution < -0.4 is 20.4 Å². The molecule has 1 aromatic heterocycles. The van der Waals surface area contributed by atoms with Crippen LogP contribution in [0.4, 0.5) is 25.4 Å². The Morgan fingerprint density at radius 1 is 1.13 bits per heavy atom. The van der Waals surface area contributed by atoms with Crippen LogP contribution in [-0.4, -0.2) is 66.5 Å². The first-order valence-electron chi connectivity index (χ1n) is 12.1. The highest BCUT2D eigenvalue weighted by Gasteiger charge is 2.33. The number of aromatic nitrogens is 2. The maximum atomic E-state index is 14.5. The van der Waals surface area contributed by atoms with Crippen molar-refractivity contribution in [3.63, 3.8) is 0 Å². The molecule has 2 aromatic carbocycles. The zero-order valence-electron chi connectivity index (χ0n) is 20.7. The number of anilines is 2. The lowest BCUT2D eigenvalue weighted by Crippen LogP contribution is -2.43. The lowest BCUT2D eigenvalue weighted by atomic mass is 10.1. The van der Waals surface area contributed by atoms with Crippen LogP contribution in [-0.2, 0) is 21.3 Å². The van der Waals surface area contributed by atoms with Crippen molar-refractivity contribution in [3.8, 4) is 0 Å². The van der Waals surface area contributed by atoms with E-state index in [9.17, 15) is 18.8 Å². The molecule has 1 unspecified atom stereocenters. The van der Waals surface area contributed by atoms with Gasteiger partial charge in [0, 0.05) is 42.9 Å². The molecule has 38 heavy (non-hydrogen) atoms. The maximum Gasteiger partial charge on any atom is 0.414 e. The third-order valence-electron chi connectivity index (χ3n) is 6.43. The average molecular weight is 523 g/mol. The van der Waals surface area contributed by atoms with Gasteiger partial charge in [-0.05, 0) is 30.3 Å². The fraction of sp³-hybridized carbons (Fsp3) is 0.308. The Hall–Kier alpha value is -4.45. The number of benzene rings is 2. The molecule has 2 aliphatic rings. The Bertz CT molecular complexity index is 1330. The van der Waals surface area contributed by atoms with Gasteiger partial charge in [-0.3, -0.25) is 9.69 Å².